The third-order valence-electron chi connectivity index (χ3n) is 19.5. The van der Waals surface area contributed by atoms with E-state index < -0.39 is 225 Å². The summed E-state index contributed by atoms with van der Waals surface area (Å²) in [5, 5.41) is 29.8. The normalized spacial score (nSPS) is 30.9. The zero-order valence-corrected chi connectivity index (χ0v) is 75.6. The number of morpholine rings is 1. The standard InChI is InChI=1S/C20H23FN2O9P2.C19H21FN2O10P2.C18H19F2NO10P2.C17H18FNO10P2/c21-17-11-15(30-19(24)23-9-2-1-3-10-23)6-7-16(17)18-31-33(26,27)20(25,34(28,29)32-18)12-14-5-4-8-22-13-14;20-15-5-1-4-14(16(15)30-18(23)22-7-9-29-10-8-22)17-31-33(25,26)19(24,34(27,28)32-17)11-13-3-2-6-21-12-13;1-10(2)28-17(22)29-12-6-13(19)15(14(20)7-12)16-30-32(24,25)18(23,33(26,27)31-16)8-11-4-3-5-21-9-11;1-2-26-16(20)27-12-5-6-13(14(18)8-12)15-28-30(22,23)17(21,31(24,25)29-15)9-11-4-3-7-19-10-11/h4-8,11,13,18,25H,1-3,9-10,12H2,(H,26,27)(H,28,29);1-6,12,17,24H,7-11H2,(H,25,26)(H,27,28);3-7,9-10,16,23H,8H2,1-2H3,(H,24,25)(H,26,27);3-8,10,15,21H,2,9H2,1H3,(H,22,23)(H,24,25). The van der Waals surface area contributed by atoms with Crippen molar-refractivity contribution in [2.24, 2.45) is 0 Å². The molecule has 6 aliphatic heterocycles. The Labute approximate surface area is 743 Å². The van der Waals surface area contributed by atoms with Gasteiger partial charge in [0.15, 0.2) is 11.6 Å². The first-order chi connectivity index (χ1) is 61.8. The monoisotopic (exact) mass is 2020 g/mol. The average molecular weight is 2020 g/mol. The number of amides is 2. The fourth-order valence-corrected chi connectivity index (χ4v) is 26.9. The zero-order valence-electron chi connectivity index (χ0n) is 68.4. The lowest BCUT2D eigenvalue weighted by atomic mass is 10.1. The molecule has 6 saturated heterocycles. The molecule has 4 aromatic heterocycles. The van der Waals surface area contributed by atoms with Crippen molar-refractivity contribution in [3.63, 3.8) is 0 Å². The Kier molecular flexibility index (Phi) is 32.9. The van der Waals surface area contributed by atoms with Crippen LogP contribution in [0.2, 0.25) is 0 Å². The molecule has 45 nitrogen and oxygen atoms in total. The van der Waals surface area contributed by atoms with Crippen LogP contribution in [0.1, 0.15) is 110 Å². The van der Waals surface area contributed by atoms with E-state index in [1.165, 1.54) is 122 Å². The van der Waals surface area contributed by atoms with Crippen molar-refractivity contribution >= 4 is 85.3 Å². The third kappa shape index (κ3) is 23.3. The zero-order chi connectivity index (χ0) is 96.6. The first-order valence-electron chi connectivity index (χ1n) is 38.5. The van der Waals surface area contributed by atoms with Crippen molar-refractivity contribution in [3.05, 3.63) is 238 Å². The first kappa shape index (κ1) is 104. The lowest BCUT2D eigenvalue weighted by Crippen LogP contribution is -2.42. The number of likely N-dealkylation sites (tertiary alicyclic amines) is 1. The predicted molar refractivity (Wildman–Crippen MR) is 435 cm³/mol. The maximum atomic E-state index is 14.8. The summed E-state index contributed by atoms with van der Waals surface area (Å²) in [6.07, 6.45) is -3.41. The molecular weight excluding hydrogens is 1940 g/mol. The number of hydrogen-bond donors (Lipinski definition) is 12. The average Bonchev–Trinajstić information content (AvgIpc) is 0.736. The molecule has 8 aromatic rings. The molecule has 4 aromatic carbocycles. The molecule has 58 heteroatoms. The van der Waals surface area contributed by atoms with Gasteiger partial charge in [-0.25, -0.2) is 41.1 Å². The molecular formula is C74H81F5N6O39P8. The molecule has 14 rings (SSSR count). The fourth-order valence-electron chi connectivity index (χ4n) is 12.7. The summed E-state index contributed by atoms with van der Waals surface area (Å²) in [5.74, 6) is -8.00. The molecule has 12 N–H and O–H groups in total. The molecule has 6 fully saturated rings. The summed E-state index contributed by atoms with van der Waals surface area (Å²) in [6.45, 7) is 6.55. The van der Waals surface area contributed by atoms with Gasteiger partial charge in [-0.3, -0.25) is 92.6 Å². The van der Waals surface area contributed by atoms with Crippen LogP contribution in [0.25, 0.3) is 0 Å². The van der Waals surface area contributed by atoms with Crippen molar-refractivity contribution in [2.75, 3.05) is 46.0 Å². The highest BCUT2D eigenvalue weighted by atomic mass is 31.3. The molecule has 10 heterocycles. The van der Waals surface area contributed by atoms with Gasteiger partial charge in [-0.1, -0.05) is 30.3 Å². The van der Waals surface area contributed by atoms with E-state index in [0.29, 0.717) is 25.2 Å². The van der Waals surface area contributed by atoms with Crippen LogP contribution in [0.15, 0.2) is 165 Å². The number of piperidine rings is 1. The van der Waals surface area contributed by atoms with Gasteiger partial charge in [0.25, 0.3) is 20.3 Å². The Morgan fingerprint density at radius 3 is 1.08 bits per heavy atom. The van der Waals surface area contributed by atoms with Crippen LogP contribution in [-0.4, -0.2) is 186 Å². The second-order valence-electron chi connectivity index (χ2n) is 29.1. The van der Waals surface area contributed by atoms with Gasteiger partial charge in [-0.15, -0.1) is 0 Å². The van der Waals surface area contributed by atoms with Crippen molar-refractivity contribution < 1.29 is 207 Å². The minimum atomic E-state index is -5.46. The summed E-state index contributed by atoms with van der Waals surface area (Å²) >= 11 is 0. The van der Waals surface area contributed by atoms with Crippen LogP contribution in [0, 0.1) is 29.1 Å². The van der Waals surface area contributed by atoms with Crippen LogP contribution in [0.4, 0.5) is 41.1 Å². The molecule has 0 saturated carbocycles. The lowest BCUT2D eigenvalue weighted by molar-refractivity contribution is -0.0619. The first-order valence-corrected chi connectivity index (χ1v) is 51.1. The third-order valence-corrected chi connectivity index (χ3v) is 37.8. The van der Waals surface area contributed by atoms with Gasteiger partial charge < -0.3 is 103 Å². The predicted octanol–water partition coefficient (Wildman–Crippen LogP) is 12.5. The number of aliphatic hydroxyl groups is 4. The Hall–Kier alpha value is -8.79. The second kappa shape index (κ2) is 41.8. The van der Waals surface area contributed by atoms with Gasteiger partial charge in [0.05, 0.1) is 37.1 Å². The van der Waals surface area contributed by atoms with Crippen LogP contribution in [0.5, 0.6) is 23.0 Å². The number of carbonyl (C=O) groups excluding carboxylic acids is 4. The summed E-state index contributed by atoms with van der Waals surface area (Å²) < 4.78 is 249. The summed E-state index contributed by atoms with van der Waals surface area (Å²) in [4.78, 5) is 148. The molecule has 8 atom stereocenters. The highest BCUT2D eigenvalue weighted by Crippen LogP contribution is 2.83. The molecule has 2 amide bonds. The highest BCUT2D eigenvalue weighted by Gasteiger charge is 2.71. The van der Waals surface area contributed by atoms with Gasteiger partial charge in [0.1, 0.15) is 40.5 Å². The van der Waals surface area contributed by atoms with Crippen LogP contribution in [-0.2, 0) is 113 Å². The number of para-hydroxylation sites is 1. The number of hydrogen-bond acceptors (Lipinski definition) is 35. The minimum Gasteiger partial charge on any atom is -0.434 e. The molecule has 0 bridgehead atoms. The number of ether oxygens (including phenoxy) is 7. The van der Waals surface area contributed by atoms with Gasteiger partial charge in [-0.2, -0.15) is 0 Å². The molecule has 6 aliphatic rings. The number of pyridine rings is 4. The van der Waals surface area contributed by atoms with E-state index in [2.05, 4.69) is 34.1 Å². The smallest absolute Gasteiger partial charge is 0.434 e. The maximum absolute atomic E-state index is 14.8. The summed E-state index contributed by atoms with van der Waals surface area (Å²) in [5.41, 5.74) is -2.06. The van der Waals surface area contributed by atoms with E-state index in [1.807, 2.05) is 0 Å². The minimum absolute atomic E-state index is 0.0304. The van der Waals surface area contributed by atoms with Gasteiger partial charge >= 0.3 is 85.3 Å². The number of rotatable bonds is 18. The van der Waals surface area contributed by atoms with E-state index in [0.717, 1.165) is 74.0 Å². The van der Waals surface area contributed by atoms with Crippen molar-refractivity contribution in [1.82, 2.24) is 29.7 Å². The number of halogens is 5. The second-order valence-corrected chi connectivity index (χ2v) is 46.4. The molecule has 132 heavy (non-hydrogen) atoms. The SMILES string of the molecule is CC(C)OC(=O)Oc1cc(F)c(C2OP(=O)(O)C(O)(Cc3cccnc3)P(=O)(O)O2)c(F)c1.CCOC(=O)Oc1ccc(C2OP(=O)(O)C(O)(Cc3cccnc3)P(=O)(O)O2)c(F)c1.O=C(Oc1c(F)cccc1C1OP(=O)(O)C(O)(Cc2cccnc2)P(=O)(O)O1)N1CCOCC1.O=C(Oc1ccc(C2OP(=O)(O)C(O)(Cc3cccnc3)P(=O)(O)O2)c(F)c1)N1CCCCC1. The quantitative estimate of drug-likeness (QED) is 0.0164. The number of nitrogens with zero attached hydrogens (tertiary/aromatic N) is 6. The number of aromatic nitrogens is 4. The Balaban J connectivity index is 0.000000170. The van der Waals surface area contributed by atoms with E-state index in [9.17, 15) is 137 Å². The number of carbonyl (C=O) groups is 4. The van der Waals surface area contributed by atoms with E-state index in [1.54, 1.807) is 6.92 Å². The van der Waals surface area contributed by atoms with Crippen molar-refractivity contribution in [3.8, 4) is 23.0 Å². The topological polar surface area (TPSA) is 644 Å². The van der Waals surface area contributed by atoms with Crippen molar-refractivity contribution in [1.29, 1.82) is 0 Å². The fraction of sp³-hybridized carbons (Fsp3) is 0.351. The Morgan fingerprint density at radius 1 is 0.402 bits per heavy atom. The van der Waals surface area contributed by atoms with Crippen LogP contribution in [0.3, 0.4) is 0 Å². The van der Waals surface area contributed by atoms with E-state index in [4.69, 9.17) is 55.1 Å². The van der Waals surface area contributed by atoms with Crippen molar-refractivity contribution in [2.45, 2.75) is 117 Å². The van der Waals surface area contributed by atoms with Gasteiger partial charge in [-0.05, 0) is 123 Å². The number of benzene rings is 4. The largest absolute Gasteiger partial charge is 0.514 e. The summed E-state index contributed by atoms with van der Waals surface area (Å²) in [6, 6.07) is 21.4. The van der Waals surface area contributed by atoms with Crippen LogP contribution >= 0.6 is 60.8 Å². The van der Waals surface area contributed by atoms with Crippen LogP contribution < -0.4 is 18.9 Å². The molecule has 716 valence electrons. The lowest BCUT2D eigenvalue weighted by Gasteiger charge is -2.41. The molecule has 8 unspecified atom stereocenters. The highest BCUT2D eigenvalue weighted by molar-refractivity contribution is 7.75. The summed E-state index contributed by atoms with van der Waals surface area (Å²) in [7, 11) is -42.6. The maximum Gasteiger partial charge on any atom is 0.514 e. The Bertz CT molecular complexity index is 5830. The Morgan fingerprint density at radius 2 is 0.735 bits per heavy atom. The molecule has 0 radical (unpaired) electrons. The molecule has 0 aliphatic carbocycles. The van der Waals surface area contributed by atoms with E-state index in [-0.39, 0.29) is 66.7 Å². The van der Waals surface area contributed by atoms with Gasteiger partial charge in [0.2, 0.25) is 25.2 Å². The molecule has 0 spiro atoms. The van der Waals surface area contributed by atoms with Gasteiger partial charge in [0, 0.05) is 137 Å². The van der Waals surface area contributed by atoms with E-state index >= 15 is 0 Å².